The molecule has 0 unspecified atom stereocenters. The molecule has 0 aliphatic carbocycles. The predicted octanol–water partition coefficient (Wildman–Crippen LogP) is -0.207. The Morgan fingerprint density at radius 1 is 1.29 bits per heavy atom. The maximum atomic E-state index is 11.1. The van der Waals surface area contributed by atoms with Gasteiger partial charge in [0.2, 0.25) is 0 Å². The molecule has 0 aromatic carbocycles. The average Bonchev–Trinajstić information content (AvgIpc) is 2.14. The maximum absolute atomic E-state index is 11.1. The Kier molecular flexibility index (Phi) is 4.26. The van der Waals surface area contributed by atoms with Crippen LogP contribution < -0.4 is 11.8 Å². The van der Waals surface area contributed by atoms with Gasteiger partial charge in [-0.25, -0.2) is 9.59 Å². The van der Waals surface area contributed by atoms with Crippen LogP contribution in [0.5, 0.6) is 0 Å². The topological polar surface area (TPSA) is 105 Å². The highest BCUT2D eigenvalue weighted by Crippen LogP contribution is 2.25. The van der Waals surface area contributed by atoms with Crippen molar-refractivity contribution < 1.29 is 19.3 Å². The van der Waals surface area contributed by atoms with E-state index in [9.17, 15) is 9.59 Å². The molecule has 0 fully saturated rings. The third-order valence-corrected chi connectivity index (χ3v) is 1.71. The minimum atomic E-state index is -0.931. The summed E-state index contributed by atoms with van der Waals surface area (Å²) in [5.74, 6) is 7.97. The molecular formula is C8H14N2O4. The van der Waals surface area contributed by atoms with Crippen molar-refractivity contribution in [3.63, 3.8) is 0 Å². The van der Waals surface area contributed by atoms with E-state index in [1.165, 1.54) is 0 Å². The molecule has 0 heterocycles. The number of hydrogen-bond acceptors (Lipinski definition) is 6. The molecule has 80 valence electrons. The van der Waals surface area contributed by atoms with Gasteiger partial charge in [0.05, 0.1) is 5.41 Å². The van der Waals surface area contributed by atoms with Crippen LogP contribution >= 0.6 is 0 Å². The fraction of sp³-hybridized carbons (Fsp3) is 0.500. The summed E-state index contributed by atoms with van der Waals surface area (Å²) in [6.07, 6.45) is 0.0685. The summed E-state index contributed by atoms with van der Waals surface area (Å²) in [6.45, 7) is 6.56. The first kappa shape index (κ1) is 12.6. The van der Waals surface area contributed by atoms with Crippen LogP contribution in [0.1, 0.15) is 20.3 Å². The van der Waals surface area contributed by atoms with Crippen LogP contribution in [0.15, 0.2) is 12.2 Å². The quantitative estimate of drug-likeness (QED) is 0.483. The van der Waals surface area contributed by atoms with E-state index >= 15 is 0 Å². The normalized spacial score (nSPS) is 10.6. The second kappa shape index (κ2) is 4.73. The van der Waals surface area contributed by atoms with E-state index in [0.717, 1.165) is 0 Å². The molecular weight excluding hydrogens is 188 g/mol. The van der Waals surface area contributed by atoms with Crippen molar-refractivity contribution in [1.29, 1.82) is 0 Å². The molecule has 0 saturated carbocycles. The molecule has 4 N–H and O–H groups in total. The maximum Gasteiger partial charge on any atom is 0.351 e. The van der Waals surface area contributed by atoms with E-state index in [4.69, 9.17) is 5.90 Å². The molecule has 14 heavy (non-hydrogen) atoms. The van der Waals surface area contributed by atoms with Gasteiger partial charge in [-0.2, -0.15) is 11.8 Å². The van der Waals surface area contributed by atoms with Crippen molar-refractivity contribution in [3.8, 4) is 0 Å². The Morgan fingerprint density at radius 3 is 2.14 bits per heavy atom. The van der Waals surface area contributed by atoms with Gasteiger partial charge in [-0.3, -0.25) is 0 Å². The Bertz CT molecular complexity index is 260. The Labute approximate surface area is 81.7 Å². The zero-order valence-corrected chi connectivity index (χ0v) is 8.20. The van der Waals surface area contributed by atoms with Crippen LogP contribution in [-0.4, -0.2) is 11.9 Å². The van der Waals surface area contributed by atoms with Crippen molar-refractivity contribution in [2.45, 2.75) is 20.3 Å². The smallest absolute Gasteiger partial charge is 0.351 e. The fourth-order valence-electron chi connectivity index (χ4n) is 0.921. The molecule has 0 aromatic heterocycles. The van der Waals surface area contributed by atoms with Gasteiger partial charge in [0.25, 0.3) is 0 Å². The lowest BCUT2D eigenvalue weighted by Gasteiger charge is -2.20. The van der Waals surface area contributed by atoms with Crippen LogP contribution in [-0.2, 0) is 19.3 Å². The Hall–Kier alpha value is -1.40. The molecule has 0 rings (SSSR count). The monoisotopic (exact) mass is 202 g/mol. The first-order chi connectivity index (χ1) is 6.35. The summed E-state index contributed by atoms with van der Waals surface area (Å²) in [7, 11) is 0. The number of carbonyl (C=O) groups excluding carboxylic acids is 2. The number of hydrogen-bond donors (Lipinski definition) is 2. The van der Waals surface area contributed by atoms with E-state index < -0.39 is 17.4 Å². The Morgan fingerprint density at radius 2 is 1.79 bits per heavy atom. The Balaban J connectivity index is 4.44. The number of nitrogens with two attached hydrogens (primary N) is 2. The molecule has 0 saturated heterocycles. The largest absolute Gasteiger partial charge is 0.373 e. The molecule has 0 aliphatic heterocycles. The SMILES string of the molecule is C=C(CC(C)(C)C(=O)ON)C(=O)ON. The molecule has 0 aromatic rings. The van der Waals surface area contributed by atoms with Crippen LogP contribution in [0.2, 0.25) is 0 Å². The lowest BCUT2D eigenvalue weighted by atomic mass is 9.86. The van der Waals surface area contributed by atoms with Gasteiger partial charge in [-0.15, -0.1) is 0 Å². The summed E-state index contributed by atoms with van der Waals surface area (Å²) in [4.78, 5) is 30.0. The van der Waals surface area contributed by atoms with Crippen LogP contribution in [0.3, 0.4) is 0 Å². The first-order valence-electron chi connectivity index (χ1n) is 3.85. The zero-order chi connectivity index (χ0) is 11.4. The van der Waals surface area contributed by atoms with Gasteiger partial charge in [0.1, 0.15) is 0 Å². The summed E-state index contributed by atoms with van der Waals surface area (Å²) < 4.78 is 0. The molecule has 0 atom stereocenters. The average molecular weight is 202 g/mol. The van der Waals surface area contributed by atoms with E-state index in [2.05, 4.69) is 22.2 Å². The van der Waals surface area contributed by atoms with Crippen molar-refractivity contribution in [2.24, 2.45) is 17.2 Å². The highest BCUT2D eigenvalue weighted by molar-refractivity contribution is 5.89. The molecule has 6 nitrogen and oxygen atoms in total. The molecule has 0 amide bonds. The summed E-state index contributed by atoms with van der Waals surface area (Å²) in [5, 5.41) is 0. The second-order valence-corrected chi connectivity index (χ2v) is 3.47. The van der Waals surface area contributed by atoms with Crippen molar-refractivity contribution >= 4 is 11.9 Å². The summed E-state index contributed by atoms with van der Waals surface area (Å²) in [6, 6.07) is 0. The van der Waals surface area contributed by atoms with Crippen molar-refractivity contribution in [3.05, 3.63) is 12.2 Å². The van der Waals surface area contributed by atoms with Crippen molar-refractivity contribution in [1.82, 2.24) is 0 Å². The highest BCUT2D eigenvalue weighted by atomic mass is 16.7. The summed E-state index contributed by atoms with van der Waals surface area (Å²) in [5.41, 5.74) is -0.845. The minimum Gasteiger partial charge on any atom is -0.373 e. The number of carbonyl (C=O) groups is 2. The van der Waals surface area contributed by atoms with Crippen LogP contribution in [0.4, 0.5) is 0 Å². The van der Waals surface area contributed by atoms with Crippen molar-refractivity contribution in [2.75, 3.05) is 0 Å². The molecule has 0 bridgehead atoms. The zero-order valence-electron chi connectivity index (χ0n) is 8.20. The van der Waals surface area contributed by atoms with Gasteiger partial charge in [-0.05, 0) is 20.3 Å². The summed E-state index contributed by atoms with van der Waals surface area (Å²) >= 11 is 0. The van der Waals surface area contributed by atoms with E-state index in [0.29, 0.717) is 0 Å². The molecule has 6 heteroatoms. The molecule has 0 radical (unpaired) electrons. The van der Waals surface area contributed by atoms with E-state index in [1.807, 2.05) is 0 Å². The van der Waals surface area contributed by atoms with Gasteiger partial charge >= 0.3 is 11.9 Å². The predicted molar refractivity (Wildman–Crippen MR) is 48.1 cm³/mol. The molecule has 0 spiro atoms. The second-order valence-electron chi connectivity index (χ2n) is 3.47. The van der Waals surface area contributed by atoms with E-state index in [1.54, 1.807) is 13.8 Å². The fourth-order valence-corrected chi connectivity index (χ4v) is 0.921. The van der Waals surface area contributed by atoms with Gasteiger partial charge in [0, 0.05) is 5.57 Å². The highest BCUT2D eigenvalue weighted by Gasteiger charge is 2.31. The lowest BCUT2D eigenvalue weighted by Crippen LogP contribution is -2.30. The minimum absolute atomic E-state index is 0.0685. The van der Waals surface area contributed by atoms with E-state index in [-0.39, 0.29) is 12.0 Å². The third kappa shape index (κ3) is 3.15. The van der Waals surface area contributed by atoms with Gasteiger partial charge in [-0.1, -0.05) is 6.58 Å². The van der Waals surface area contributed by atoms with Gasteiger partial charge in [0.15, 0.2) is 0 Å². The lowest BCUT2D eigenvalue weighted by molar-refractivity contribution is -0.154. The first-order valence-corrected chi connectivity index (χ1v) is 3.85. The number of rotatable bonds is 4. The third-order valence-electron chi connectivity index (χ3n) is 1.71. The van der Waals surface area contributed by atoms with Gasteiger partial charge < -0.3 is 9.68 Å². The standard InChI is InChI=1S/C8H14N2O4/c1-5(6(11)13-9)4-8(2,3)7(12)14-10/h1,4,9-10H2,2-3H3. The molecule has 0 aliphatic rings. The van der Waals surface area contributed by atoms with Crippen LogP contribution in [0.25, 0.3) is 0 Å². The van der Waals surface area contributed by atoms with Crippen LogP contribution in [0, 0.1) is 5.41 Å².